The van der Waals surface area contributed by atoms with Gasteiger partial charge in [-0.1, -0.05) is 23.8 Å². The van der Waals surface area contributed by atoms with Crippen LogP contribution in [0.5, 0.6) is 0 Å². The smallest absolute Gasteiger partial charge is 0.159 e. The maximum Gasteiger partial charge on any atom is 0.159 e. The molecule has 23 heavy (non-hydrogen) atoms. The number of hydrogen-bond donors (Lipinski definition) is 1. The van der Waals surface area contributed by atoms with Crippen LogP contribution in [0.4, 0.5) is 0 Å². The molecule has 1 atom stereocenters. The molecule has 5 heteroatoms. The molecule has 1 aromatic carbocycles. The Morgan fingerprint density at radius 2 is 2.13 bits per heavy atom. The van der Waals surface area contributed by atoms with Gasteiger partial charge < -0.3 is 9.84 Å². The molecule has 1 N–H and O–H groups in total. The predicted octanol–water partition coefficient (Wildman–Crippen LogP) is 1.89. The SMILES string of the molecule is Cc1cccc(-c2ncc(CN3CCOC[C@H](CO)C3)cn2)c1. The van der Waals surface area contributed by atoms with E-state index in [1.807, 2.05) is 24.5 Å². The number of rotatable bonds is 4. The van der Waals surface area contributed by atoms with E-state index in [0.29, 0.717) is 13.2 Å². The Bertz CT molecular complexity index is 630. The number of nitrogens with zero attached hydrogens (tertiary/aromatic N) is 3. The zero-order chi connectivity index (χ0) is 16.1. The molecule has 1 aliphatic heterocycles. The first-order chi connectivity index (χ1) is 11.2. The van der Waals surface area contributed by atoms with E-state index in [1.165, 1.54) is 5.56 Å². The largest absolute Gasteiger partial charge is 0.396 e. The summed E-state index contributed by atoms with van der Waals surface area (Å²) in [6.45, 7) is 6.07. The molecule has 5 nitrogen and oxygen atoms in total. The lowest BCUT2D eigenvalue weighted by Gasteiger charge is -2.22. The average Bonchev–Trinajstić information content (AvgIpc) is 2.81. The third-order valence-electron chi connectivity index (χ3n) is 4.07. The van der Waals surface area contributed by atoms with Crippen LogP contribution in [0, 0.1) is 12.8 Å². The van der Waals surface area contributed by atoms with Crippen molar-refractivity contribution in [3.8, 4) is 11.4 Å². The highest BCUT2D eigenvalue weighted by Gasteiger charge is 2.18. The molecule has 122 valence electrons. The maximum atomic E-state index is 9.35. The van der Waals surface area contributed by atoms with Crippen molar-refractivity contribution in [2.45, 2.75) is 13.5 Å². The summed E-state index contributed by atoms with van der Waals surface area (Å²) in [6, 6.07) is 8.21. The Kier molecular flexibility index (Phi) is 5.33. The molecule has 1 saturated heterocycles. The molecule has 1 aliphatic rings. The molecule has 1 fully saturated rings. The van der Waals surface area contributed by atoms with E-state index in [1.54, 1.807) is 0 Å². The van der Waals surface area contributed by atoms with Crippen molar-refractivity contribution < 1.29 is 9.84 Å². The maximum absolute atomic E-state index is 9.35. The molecule has 3 rings (SSSR count). The first-order valence-corrected chi connectivity index (χ1v) is 8.03. The summed E-state index contributed by atoms with van der Waals surface area (Å²) in [7, 11) is 0. The Morgan fingerprint density at radius 3 is 2.87 bits per heavy atom. The van der Waals surface area contributed by atoms with Crippen LogP contribution < -0.4 is 0 Å². The third-order valence-corrected chi connectivity index (χ3v) is 4.07. The number of aryl methyl sites for hydroxylation is 1. The van der Waals surface area contributed by atoms with E-state index in [-0.39, 0.29) is 12.5 Å². The summed E-state index contributed by atoms with van der Waals surface area (Å²) in [5.74, 6) is 0.940. The molecule has 0 unspecified atom stereocenters. The summed E-state index contributed by atoms with van der Waals surface area (Å²) in [5, 5.41) is 9.35. The van der Waals surface area contributed by atoms with Crippen LogP contribution in [0.3, 0.4) is 0 Å². The van der Waals surface area contributed by atoms with Gasteiger partial charge in [0.25, 0.3) is 0 Å². The van der Waals surface area contributed by atoms with Crippen LogP contribution in [0.2, 0.25) is 0 Å². The second kappa shape index (κ2) is 7.64. The monoisotopic (exact) mass is 313 g/mol. The molecule has 0 spiro atoms. The van der Waals surface area contributed by atoms with Gasteiger partial charge in [-0.25, -0.2) is 9.97 Å². The van der Waals surface area contributed by atoms with E-state index >= 15 is 0 Å². The van der Waals surface area contributed by atoms with Gasteiger partial charge in [0.1, 0.15) is 0 Å². The standard InChI is InChI=1S/C18H23N3O2/c1-14-3-2-4-17(7-14)18-19-8-15(9-20-18)10-21-5-6-23-13-16(11-21)12-22/h2-4,7-9,16,22H,5-6,10-13H2,1H3/t16-/m0/s1. The van der Waals surface area contributed by atoms with Crippen LogP contribution in [-0.2, 0) is 11.3 Å². The van der Waals surface area contributed by atoms with E-state index < -0.39 is 0 Å². The van der Waals surface area contributed by atoms with Crippen LogP contribution in [-0.4, -0.2) is 52.9 Å². The van der Waals surface area contributed by atoms with E-state index in [2.05, 4.69) is 33.9 Å². The summed E-state index contributed by atoms with van der Waals surface area (Å²) < 4.78 is 5.52. The van der Waals surface area contributed by atoms with Crippen molar-refractivity contribution in [1.82, 2.24) is 14.9 Å². The fraction of sp³-hybridized carbons (Fsp3) is 0.444. The van der Waals surface area contributed by atoms with Gasteiger partial charge in [0, 0.05) is 55.7 Å². The minimum Gasteiger partial charge on any atom is -0.396 e. The molecule has 0 bridgehead atoms. The summed E-state index contributed by atoms with van der Waals surface area (Å²) in [6.07, 6.45) is 3.79. The molecule has 1 aromatic heterocycles. The molecular formula is C18H23N3O2. The van der Waals surface area contributed by atoms with Gasteiger partial charge >= 0.3 is 0 Å². The van der Waals surface area contributed by atoms with Gasteiger partial charge in [-0.05, 0) is 13.0 Å². The minimum absolute atomic E-state index is 0.166. The quantitative estimate of drug-likeness (QED) is 0.934. The Hall–Kier alpha value is -1.82. The van der Waals surface area contributed by atoms with Crippen molar-refractivity contribution in [3.05, 3.63) is 47.8 Å². The number of hydrogen-bond acceptors (Lipinski definition) is 5. The fourth-order valence-electron chi connectivity index (χ4n) is 2.83. The Morgan fingerprint density at radius 1 is 1.30 bits per heavy atom. The molecule has 0 amide bonds. The Labute approximate surface area is 137 Å². The van der Waals surface area contributed by atoms with Crippen LogP contribution in [0.25, 0.3) is 11.4 Å². The highest BCUT2D eigenvalue weighted by atomic mass is 16.5. The number of benzene rings is 1. The van der Waals surface area contributed by atoms with Gasteiger partial charge in [-0.2, -0.15) is 0 Å². The van der Waals surface area contributed by atoms with Crippen molar-refractivity contribution in [2.75, 3.05) is 32.9 Å². The highest BCUT2D eigenvalue weighted by Crippen LogP contribution is 2.16. The molecule has 0 aliphatic carbocycles. The lowest BCUT2D eigenvalue weighted by atomic mass is 10.1. The van der Waals surface area contributed by atoms with Crippen LogP contribution in [0.1, 0.15) is 11.1 Å². The van der Waals surface area contributed by atoms with Gasteiger partial charge in [-0.15, -0.1) is 0 Å². The molecule has 2 aromatic rings. The topological polar surface area (TPSA) is 58.5 Å². The van der Waals surface area contributed by atoms with E-state index in [9.17, 15) is 5.11 Å². The summed E-state index contributed by atoms with van der Waals surface area (Å²) in [4.78, 5) is 11.3. The molecular weight excluding hydrogens is 290 g/mol. The number of aliphatic hydroxyl groups is 1. The highest BCUT2D eigenvalue weighted by molar-refractivity contribution is 5.55. The van der Waals surface area contributed by atoms with Gasteiger partial charge in [0.15, 0.2) is 5.82 Å². The first-order valence-electron chi connectivity index (χ1n) is 8.03. The predicted molar refractivity (Wildman–Crippen MR) is 88.9 cm³/mol. The fourth-order valence-corrected chi connectivity index (χ4v) is 2.83. The molecule has 0 saturated carbocycles. The molecule has 2 heterocycles. The first kappa shape index (κ1) is 16.1. The number of aromatic nitrogens is 2. The van der Waals surface area contributed by atoms with E-state index in [0.717, 1.165) is 36.6 Å². The van der Waals surface area contributed by atoms with Gasteiger partial charge in [-0.3, -0.25) is 4.90 Å². The van der Waals surface area contributed by atoms with E-state index in [4.69, 9.17) is 4.74 Å². The lowest BCUT2D eigenvalue weighted by molar-refractivity contribution is 0.0958. The van der Waals surface area contributed by atoms with Crippen LogP contribution >= 0.6 is 0 Å². The normalized spacial score (nSPS) is 19.5. The number of ether oxygens (including phenoxy) is 1. The van der Waals surface area contributed by atoms with Crippen molar-refractivity contribution >= 4 is 0 Å². The minimum atomic E-state index is 0.166. The average molecular weight is 313 g/mol. The summed E-state index contributed by atoms with van der Waals surface area (Å²) in [5.41, 5.74) is 3.33. The second-order valence-corrected chi connectivity index (χ2v) is 6.14. The van der Waals surface area contributed by atoms with Crippen molar-refractivity contribution in [3.63, 3.8) is 0 Å². The van der Waals surface area contributed by atoms with Crippen LogP contribution in [0.15, 0.2) is 36.7 Å². The Balaban J connectivity index is 1.67. The molecule has 0 radical (unpaired) electrons. The summed E-state index contributed by atoms with van der Waals surface area (Å²) >= 11 is 0. The lowest BCUT2D eigenvalue weighted by Crippen LogP contribution is -2.31. The zero-order valence-electron chi connectivity index (χ0n) is 13.5. The van der Waals surface area contributed by atoms with Crippen molar-refractivity contribution in [1.29, 1.82) is 0 Å². The van der Waals surface area contributed by atoms with Gasteiger partial charge in [0.2, 0.25) is 0 Å². The van der Waals surface area contributed by atoms with Crippen molar-refractivity contribution in [2.24, 2.45) is 5.92 Å². The third kappa shape index (κ3) is 4.34. The zero-order valence-corrected chi connectivity index (χ0v) is 13.5. The number of aliphatic hydroxyl groups excluding tert-OH is 1. The second-order valence-electron chi connectivity index (χ2n) is 6.14. The van der Waals surface area contributed by atoms with Gasteiger partial charge in [0.05, 0.1) is 13.2 Å².